The van der Waals surface area contributed by atoms with Gasteiger partial charge in [-0.15, -0.1) is 11.8 Å². The first-order valence-corrected chi connectivity index (χ1v) is 11.6. The normalized spacial score (nSPS) is 15.1. The molecule has 0 radical (unpaired) electrons. The number of hydrogen-bond acceptors (Lipinski definition) is 6. The predicted molar refractivity (Wildman–Crippen MR) is 119 cm³/mol. The topological polar surface area (TPSA) is 114 Å². The summed E-state index contributed by atoms with van der Waals surface area (Å²) < 4.78 is 5.26. The van der Waals surface area contributed by atoms with Gasteiger partial charge in [0, 0.05) is 17.0 Å². The summed E-state index contributed by atoms with van der Waals surface area (Å²) in [5.41, 5.74) is 0.260. The number of thioether (sulfide) groups is 1. The number of esters is 1. The van der Waals surface area contributed by atoms with E-state index in [0.29, 0.717) is 4.90 Å². The van der Waals surface area contributed by atoms with E-state index in [9.17, 15) is 19.2 Å². The minimum Gasteiger partial charge on any atom is -0.449 e. The van der Waals surface area contributed by atoms with Crippen molar-refractivity contribution in [2.24, 2.45) is 0 Å². The molecule has 0 saturated heterocycles. The highest BCUT2D eigenvalue weighted by Gasteiger charge is 2.24. The van der Waals surface area contributed by atoms with Crippen LogP contribution in [0.4, 0.5) is 4.79 Å². The summed E-state index contributed by atoms with van der Waals surface area (Å²) in [6, 6.07) is 6.24. The predicted octanol–water partition coefficient (Wildman–Crippen LogP) is 3.01. The molecule has 9 heteroatoms. The number of carbonyl (C=O) groups is 4. The van der Waals surface area contributed by atoms with Gasteiger partial charge in [0.1, 0.15) is 0 Å². The molecule has 1 aromatic rings. The van der Waals surface area contributed by atoms with E-state index >= 15 is 0 Å². The van der Waals surface area contributed by atoms with Gasteiger partial charge >= 0.3 is 12.0 Å². The summed E-state index contributed by atoms with van der Waals surface area (Å²) in [4.78, 5) is 49.3. The minimum absolute atomic E-state index is 0.0305. The second-order valence-corrected chi connectivity index (χ2v) is 8.87. The number of benzene rings is 1. The lowest BCUT2D eigenvalue weighted by molar-refractivity contribution is -0.128. The van der Waals surface area contributed by atoms with Crippen LogP contribution in [0.2, 0.25) is 0 Å². The third kappa shape index (κ3) is 8.61. The van der Waals surface area contributed by atoms with Gasteiger partial charge in [-0.25, -0.2) is 9.59 Å². The number of hydrogen-bond donors (Lipinski definition) is 3. The Labute approximate surface area is 187 Å². The summed E-state index contributed by atoms with van der Waals surface area (Å²) in [7, 11) is 0. The molecule has 31 heavy (non-hydrogen) atoms. The second-order valence-electron chi connectivity index (χ2n) is 7.85. The maximum absolute atomic E-state index is 12.6. The first-order valence-electron chi connectivity index (χ1n) is 10.6. The Balaban J connectivity index is 1.87. The number of urea groups is 1. The Kier molecular flexibility index (Phi) is 9.84. The zero-order valence-corrected chi connectivity index (χ0v) is 19.1. The molecule has 170 valence electrons. The lowest BCUT2D eigenvalue weighted by Gasteiger charge is -2.23. The monoisotopic (exact) mass is 449 g/mol. The zero-order chi connectivity index (χ0) is 22.8. The number of carbonyl (C=O) groups excluding carboxylic acids is 4. The summed E-state index contributed by atoms with van der Waals surface area (Å²) in [6.07, 6.45) is 3.93. The van der Waals surface area contributed by atoms with Gasteiger partial charge in [0.15, 0.2) is 6.10 Å². The number of imide groups is 1. The smallest absolute Gasteiger partial charge is 0.340 e. The van der Waals surface area contributed by atoms with E-state index in [-0.39, 0.29) is 29.3 Å². The number of nitrogens with one attached hydrogen (secondary N) is 3. The molecule has 0 aromatic heterocycles. The van der Waals surface area contributed by atoms with Crippen LogP contribution in [0.25, 0.3) is 0 Å². The fraction of sp³-hybridized carbons (Fsp3) is 0.545. The van der Waals surface area contributed by atoms with Crippen molar-refractivity contribution in [1.29, 1.82) is 0 Å². The molecular weight excluding hydrogens is 418 g/mol. The lowest BCUT2D eigenvalue weighted by atomic mass is 9.96. The van der Waals surface area contributed by atoms with Crippen molar-refractivity contribution < 1.29 is 23.9 Å². The SMILES string of the molecule is CC(C)NC(=O)CSc1ccccc1C(=O)OC(C)C(=O)NC(=O)NC1CCCCC1. The third-order valence-corrected chi connectivity index (χ3v) is 5.82. The van der Waals surface area contributed by atoms with Crippen molar-refractivity contribution in [2.45, 2.75) is 76.0 Å². The molecule has 0 bridgehead atoms. The summed E-state index contributed by atoms with van der Waals surface area (Å²) in [6.45, 7) is 5.15. The summed E-state index contributed by atoms with van der Waals surface area (Å²) in [5.74, 6) is -1.37. The molecule has 1 unspecified atom stereocenters. The van der Waals surface area contributed by atoms with Gasteiger partial charge in [0.05, 0.1) is 11.3 Å². The van der Waals surface area contributed by atoms with E-state index in [0.717, 1.165) is 32.1 Å². The standard InChI is InChI=1S/C22H31N3O5S/c1-14(2)23-19(26)13-31-18-12-8-7-11-17(18)21(28)30-15(3)20(27)25-22(29)24-16-9-5-4-6-10-16/h7-8,11-12,14-16H,4-6,9-10,13H2,1-3H3,(H,23,26)(H2,24,25,27,29). The Hall–Kier alpha value is -2.55. The molecule has 0 heterocycles. The van der Waals surface area contributed by atoms with E-state index in [1.54, 1.807) is 24.3 Å². The average Bonchev–Trinajstić information content (AvgIpc) is 2.72. The number of rotatable bonds is 8. The molecule has 4 amide bonds. The van der Waals surface area contributed by atoms with Crippen LogP contribution in [0.5, 0.6) is 0 Å². The van der Waals surface area contributed by atoms with Crippen LogP contribution in [-0.2, 0) is 14.3 Å². The maximum atomic E-state index is 12.6. The van der Waals surface area contributed by atoms with E-state index < -0.39 is 24.0 Å². The molecule has 1 atom stereocenters. The average molecular weight is 450 g/mol. The summed E-state index contributed by atoms with van der Waals surface area (Å²) >= 11 is 1.21. The molecule has 1 aliphatic carbocycles. The largest absolute Gasteiger partial charge is 0.449 e. The van der Waals surface area contributed by atoms with Crippen LogP contribution < -0.4 is 16.0 Å². The molecule has 3 N–H and O–H groups in total. The number of amides is 4. The Bertz CT molecular complexity index is 793. The van der Waals surface area contributed by atoms with Crippen molar-refractivity contribution in [3.63, 3.8) is 0 Å². The zero-order valence-electron chi connectivity index (χ0n) is 18.2. The fourth-order valence-corrected chi connectivity index (χ4v) is 4.08. The van der Waals surface area contributed by atoms with Crippen LogP contribution in [-0.4, -0.2) is 47.8 Å². The molecule has 1 saturated carbocycles. The van der Waals surface area contributed by atoms with Crippen molar-refractivity contribution in [3.05, 3.63) is 29.8 Å². The first kappa shape index (κ1) is 24.7. The molecule has 0 spiro atoms. The number of ether oxygens (including phenoxy) is 1. The highest BCUT2D eigenvalue weighted by molar-refractivity contribution is 8.00. The van der Waals surface area contributed by atoms with Gasteiger partial charge in [0.2, 0.25) is 5.91 Å². The summed E-state index contributed by atoms with van der Waals surface area (Å²) in [5, 5.41) is 7.81. The molecule has 1 aromatic carbocycles. The van der Waals surface area contributed by atoms with E-state index in [1.165, 1.54) is 18.7 Å². The minimum atomic E-state index is -1.15. The highest BCUT2D eigenvalue weighted by Crippen LogP contribution is 2.23. The van der Waals surface area contributed by atoms with Crippen LogP contribution in [0.1, 0.15) is 63.2 Å². The van der Waals surface area contributed by atoms with Crippen LogP contribution in [0.3, 0.4) is 0 Å². The maximum Gasteiger partial charge on any atom is 0.340 e. The Morgan fingerprint density at radius 2 is 1.74 bits per heavy atom. The second kappa shape index (κ2) is 12.3. The van der Waals surface area contributed by atoms with Gasteiger partial charge in [0.25, 0.3) is 5.91 Å². The highest BCUT2D eigenvalue weighted by atomic mass is 32.2. The van der Waals surface area contributed by atoms with Crippen LogP contribution >= 0.6 is 11.8 Å². The van der Waals surface area contributed by atoms with Gasteiger partial charge in [-0.1, -0.05) is 31.4 Å². The third-order valence-electron chi connectivity index (χ3n) is 4.75. The van der Waals surface area contributed by atoms with Crippen molar-refractivity contribution in [3.8, 4) is 0 Å². The molecule has 0 aliphatic heterocycles. The van der Waals surface area contributed by atoms with E-state index in [2.05, 4.69) is 16.0 Å². The van der Waals surface area contributed by atoms with Gasteiger partial charge in [-0.3, -0.25) is 14.9 Å². The van der Waals surface area contributed by atoms with Crippen LogP contribution in [0.15, 0.2) is 29.2 Å². The quantitative estimate of drug-likeness (QED) is 0.415. The molecular formula is C22H31N3O5S. The van der Waals surface area contributed by atoms with Crippen molar-refractivity contribution in [2.75, 3.05) is 5.75 Å². The fourth-order valence-electron chi connectivity index (χ4n) is 3.23. The lowest BCUT2D eigenvalue weighted by Crippen LogP contribution is -2.48. The van der Waals surface area contributed by atoms with E-state index in [4.69, 9.17) is 4.74 Å². The first-order chi connectivity index (χ1) is 14.8. The molecule has 1 aliphatic rings. The van der Waals surface area contributed by atoms with Gasteiger partial charge in [-0.2, -0.15) is 0 Å². The van der Waals surface area contributed by atoms with E-state index in [1.807, 2.05) is 13.8 Å². The van der Waals surface area contributed by atoms with Crippen LogP contribution in [0, 0.1) is 0 Å². The Morgan fingerprint density at radius 3 is 2.42 bits per heavy atom. The molecule has 8 nitrogen and oxygen atoms in total. The van der Waals surface area contributed by atoms with Gasteiger partial charge in [-0.05, 0) is 45.7 Å². The molecule has 2 rings (SSSR count). The Morgan fingerprint density at radius 1 is 1.06 bits per heavy atom. The van der Waals surface area contributed by atoms with Gasteiger partial charge < -0.3 is 15.4 Å². The molecule has 1 fully saturated rings. The van der Waals surface area contributed by atoms with Crippen molar-refractivity contribution in [1.82, 2.24) is 16.0 Å². The van der Waals surface area contributed by atoms with Crippen molar-refractivity contribution >= 4 is 35.6 Å².